The van der Waals surface area contributed by atoms with E-state index in [1.165, 1.54) is 0 Å². The van der Waals surface area contributed by atoms with Crippen molar-refractivity contribution in [1.29, 1.82) is 0 Å². The molecule has 0 saturated heterocycles. The average molecular weight is 551 g/mol. The third-order valence-electron chi connectivity index (χ3n) is 5.67. The molecule has 4 unspecified atom stereocenters. The fourth-order valence-electron chi connectivity index (χ4n) is 3.07. The van der Waals surface area contributed by atoms with Crippen molar-refractivity contribution in [3.8, 4) is 0 Å². The van der Waals surface area contributed by atoms with Gasteiger partial charge in [-0.15, -0.1) is 0 Å². The summed E-state index contributed by atoms with van der Waals surface area (Å²) in [5, 5.41) is 0. The predicted octanol–water partition coefficient (Wildman–Crippen LogP) is 7.14. The third kappa shape index (κ3) is 25.7. The molecule has 0 saturated carbocycles. The van der Waals surface area contributed by atoms with Crippen molar-refractivity contribution in [2.24, 2.45) is 11.8 Å². The van der Waals surface area contributed by atoms with Crippen LogP contribution in [0.4, 0.5) is 0 Å². The Morgan fingerprint density at radius 1 is 0.606 bits per heavy atom. The first-order valence-electron chi connectivity index (χ1n) is 13.0. The van der Waals surface area contributed by atoms with E-state index in [9.17, 15) is 18.9 Å². The summed E-state index contributed by atoms with van der Waals surface area (Å²) in [5.41, 5.74) is 0. The summed E-state index contributed by atoms with van der Waals surface area (Å²) >= 11 is 0. The SMILES string of the molecule is CCCCC(CC)COP(=O)([O-])CCCC.CCCCC(CC)COP(=O)([O-])CCCC.[Cr+2]. The fourth-order valence-corrected chi connectivity index (χ4v) is 5.61. The maximum Gasteiger partial charge on any atom is 2.00 e. The first-order chi connectivity index (χ1) is 15.1. The largest absolute Gasteiger partial charge is 2.00 e. The van der Waals surface area contributed by atoms with Crippen LogP contribution in [0, 0.1) is 11.8 Å². The van der Waals surface area contributed by atoms with Crippen molar-refractivity contribution in [2.45, 2.75) is 119 Å². The third-order valence-corrected chi connectivity index (χ3v) is 8.48. The van der Waals surface area contributed by atoms with Crippen molar-refractivity contribution >= 4 is 15.2 Å². The van der Waals surface area contributed by atoms with Crippen LogP contribution in [0.1, 0.15) is 119 Å². The Morgan fingerprint density at radius 3 is 1.15 bits per heavy atom. The number of unbranched alkanes of at least 4 members (excludes halogenated alkanes) is 4. The normalized spacial score (nSPS) is 16.5. The molecule has 0 aromatic heterocycles. The maximum absolute atomic E-state index is 11.5. The first-order valence-corrected chi connectivity index (χ1v) is 16.5. The van der Waals surface area contributed by atoms with Crippen molar-refractivity contribution in [1.82, 2.24) is 0 Å². The minimum absolute atomic E-state index is 0. The van der Waals surface area contributed by atoms with E-state index in [4.69, 9.17) is 9.05 Å². The van der Waals surface area contributed by atoms with E-state index in [0.29, 0.717) is 37.9 Å². The van der Waals surface area contributed by atoms with Crippen LogP contribution in [0.5, 0.6) is 0 Å². The molecule has 33 heavy (non-hydrogen) atoms. The van der Waals surface area contributed by atoms with Gasteiger partial charge in [-0.1, -0.05) is 92.9 Å². The van der Waals surface area contributed by atoms with Gasteiger partial charge >= 0.3 is 17.4 Å². The van der Waals surface area contributed by atoms with E-state index >= 15 is 0 Å². The van der Waals surface area contributed by atoms with Crippen LogP contribution < -0.4 is 9.79 Å². The van der Waals surface area contributed by atoms with Gasteiger partial charge in [0.2, 0.25) is 0 Å². The predicted molar refractivity (Wildman–Crippen MR) is 133 cm³/mol. The molecule has 0 aliphatic carbocycles. The Balaban J connectivity index is -0.000000529. The van der Waals surface area contributed by atoms with Gasteiger partial charge < -0.3 is 28.0 Å². The maximum atomic E-state index is 11.5. The molecule has 0 amide bonds. The number of hydrogen-bond donors (Lipinski definition) is 0. The standard InChI is InChI=1S/2C12H27O3P.Cr/c2*1-4-7-9-12(6-3)11-15-16(13,14)10-8-5-2;/h2*12H,4-11H2,1-3H3,(H,13,14);/q;;+2/p-2. The summed E-state index contributed by atoms with van der Waals surface area (Å²) in [5.74, 6) is 0.785. The molecule has 0 fully saturated rings. The van der Waals surface area contributed by atoms with Crippen molar-refractivity contribution in [3.63, 3.8) is 0 Å². The van der Waals surface area contributed by atoms with Crippen LogP contribution in [0.25, 0.3) is 0 Å². The van der Waals surface area contributed by atoms with Crippen LogP contribution in [0.3, 0.4) is 0 Å². The van der Waals surface area contributed by atoms with Gasteiger partial charge in [0.1, 0.15) is 15.2 Å². The summed E-state index contributed by atoms with van der Waals surface area (Å²) in [4.78, 5) is 23.0. The quantitative estimate of drug-likeness (QED) is 0.149. The molecule has 0 spiro atoms. The van der Waals surface area contributed by atoms with Crippen LogP contribution in [-0.2, 0) is 35.5 Å². The Bertz CT molecular complexity index is 463. The second-order valence-corrected chi connectivity index (χ2v) is 12.7. The minimum Gasteiger partial charge on any atom is -0.778 e. The molecule has 9 heteroatoms. The minimum atomic E-state index is -3.56. The van der Waals surface area contributed by atoms with Crippen molar-refractivity contribution < 1.29 is 45.3 Å². The summed E-state index contributed by atoms with van der Waals surface area (Å²) in [6, 6.07) is 0. The van der Waals surface area contributed by atoms with E-state index in [-0.39, 0.29) is 29.7 Å². The molecule has 200 valence electrons. The molecule has 0 aromatic rings. The summed E-state index contributed by atoms with van der Waals surface area (Å²) < 4.78 is 33.1. The molecule has 0 bridgehead atoms. The molecular weight excluding hydrogens is 498 g/mol. The first kappa shape index (κ1) is 38.4. The zero-order valence-corrected chi connectivity index (χ0v) is 25.3. The second-order valence-electron chi connectivity index (χ2n) is 8.80. The molecule has 6 nitrogen and oxygen atoms in total. The van der Waals surface area contributed by atoms with Gasteiger partial charge in [0, 0.05) is 12.3 Å². The van der Waals surface area contributed by atoms with Gasteiger partial charge in [0.25, 0.3) is 0 Å². The van der Waals surface area contributed by atoms with E-state index in [1.807, 2.05) is 13.8 Å². The van der Waals surface area contributed by atoms with Gasteiger partial charge in [-0.05, 0) is 37.5 Å². The molecule has 0 heterocycles. The molecule has 0 aliphatic heterocycles. The van der Waals surface area contributed by atoms with Gasteiger partial charge in [-0.3, -0.25) is 0 Å². The van der Waals surface area contributed by atoms with Crippen molar-refractivity contribution in [3.05, 3.63) is 0 Å². The molecule has 0 aromatic carbocycles. The van der Waals surface area contributed by atoms with Crippen molar-refractivity contribution in [2.75, 3.05) is 25.5 Å². The zero-order valence-electron chi connectivity index (χ0n) is 22.2. The molecular formula is C24H52CrO6P2. The van der Waals surface area contributed by atoms with Gasteiger partial charge in [-0.2, -0.15) is 0 Å². The number of rotatable bonds is 20. The molecule has 0 rings (SSSR count). The van der Waals surface area contributed by atoms with E-state index in [1.54, 1.807) is 0 Å². The van der Waals surface area contributed by atoms with Crippen LogP contribution in [0.2, 0.25) is 0 Å². The van der Waals surface area contributed by atoms with Crippen LogP contribution >= 0.6 is 15.2 Å². The van der Waals surface area contributed by atoms with Gasteiger partial charge in [-0.25, -0.2) is 0 Å². The second kappa shape index (κ2) is 24.5. The Kier molecular flexibility index (Phi) is 28.5. The molecule has 0 aliphatic rings. The van der Waals surface area contributed by atoms with Gasteiger partial charge in [0.05, 0.1) is 13.2 Å². The molecule has 0 radical (unpaired) electrons. The summed E-state index contributed by atoms with van der Waals surface area (Å²) in [6.45, 7) is 13.2. The number of hydrogen-bond acceptors (Lipinski definition) is 6. The fraction of sp³-hybridized carbons (Fsp3) is 1.00. The Morgan fingerprint density at radius 2 is 0.909 bits per heavy atom. The smallest absolute Gasteiger partial charge is 0.778 e. The average Bonchev–Trinajstić information content (AvgIpc) is 2.77. The summed E-state index contributed by atoms with van der Waals surface area (Å²) in [7, 11) is -7.12. The zero-order chi connectivity index (χ0) is 24.9. The monoisotopic (exact) mass is 550 g/mol. The van der Waals surface area contributed by atoms with Crippen LogP contribution in [-0.4, -0.2) is 25.5 Å². The van der Waals surface area contributed by atoms with Crippen LogP contribution in [0.15, 0.2) is 0 Å². The van der Waals surface area contributed by atoms with E-state index in [0.717, 1.165) is 64.2 Å². The van der Waals surface area contributed by atoms with E-state index < -0.39 is 15.2 Å². The Hall–Kier alpha value is 0.832. The molecule has 0 N–H and O–H groups in total. The van der Waals surface area contributed by atoms with Gasteiger partial charge in [0.15, 0.2) is 0 Å². The Labute approximate surface area is 216 Å². The van der Waals surface area contributed by atoms with E-state index in [2.05, 4.69) is 27.7 Å². The summed E-state index contributed by atoms with van der Waals surface area (Å²) in [6.07, 6.45) is 12.3. The molecule has 4 atom stereocenters. The topological polar surface area (TPSA) is 98.7 Å².